The fourth-order valence-electron chi connectivity index (χ4n) is 1.29. The number of carboxylic acid groups (broad SMARTS) is 1. The maximum Gasteiger partial charge on any atom is 0.339 e. The fourth-order valence-corrected chi connectivity index (χ4v) is 1.29. The number of halogens is 2. The van der Waals surface area contributed by atoms with Crippen molar-refractivity contribution in [3.63, 3.8) is 0 Å². The van der Waals surface area contributed by atoms with Gasteiger partial charge in [-0.2, -0.15) is 5.26 Å². The van der Waals surface area contributed by atoms with Crippen LogP contribution in [0.2, 0.25) is 0 Å². The number of aromatic carboxylic acids is 1. The molecular weight excluding hydrogens is 280 g/mol. The van der Waals surface area contributed by atoms with Crippen LogP contribution in [0, 0.1) is 33.1 Å². The number of carbonyl (C=O) groups excluding carboxylic acids is 1. The molecule has 0 radical (unpaired) electrons. The van der Waals surface area contributed by atoms with Gasteiger partial charge in [0.1, 0.15) is 12.0 Å². The number of nitrogens with zero attached hydrogens (tertiary/aromatic N) is 2. The van der Waals surface area contributed by atoms with Gasteiger partial charge in [-0.15, -0.1) is 0 Å². The van der Waals surface area contributed by atoms with Crippen molar-refractivity contribution in [1.82, 2.24) is 0 Å². The van der Waals surface area contributed by atoms with Crippen molar-refractivity contribution in [2.24, 2.45) is 0 Å². The van der Waals surface area contributed by atoms with Gasteiger partial charge in [-0.25, -0.2) is 13.6 Å². The molecule has 20 heavy (non-hydrogen) atoms. The zero-order valence-corrected chi connectivity index (χ0v) is 9.52. The second-order valence-corrected chi connectivity index (χ2v) is 3.39. The van der Waals surface area contributed by atoms with Crippen LogP contribution in [0.1, 0.15) is 16.8 Å². The van der Waals surface area contributed by atoms with E-state index in [1.807, 2.05) is 0 Å². The molecule has 8 nitrogen and oxygen atoms in total. The summed E-state index contributed by atoms with van der Waals surface area (Å²) >= 11 is 0. The van der Waals surface area contributed by atoms with Gasteiger partial charge in [0.25, 0.3) is 5.69 Å². The average molecular weight is 285 g/mol. The summed E-state index contributed by atoms with van der Waals surface area (Å²) in [6.45, 7) is 0. The largest absolute Gasteiger partial charge is 0.478 e. The Hall–Kier alpha value is -3.09. The summed E-state index contributed by atoms with van der Waals surface area (Å²) in [6, 6.07) is 1.69. The van der Waals surface area contributed by atoms with Gasteiger partial charge in [-0.05, 0) is 0 Å². The van der Waals surface area contributed by atoms with Crippen molar-refractivity contribution >= 4 is 23.3 Å². The highest BCUT2D eigenvalue weighted by Gasteiger charge is 2.29. The Kier molecular flexibility index (Phi) is 4.27. The molecule has 0 aromatic heterocycles. The predicted octanol–water partition coefficient (Wildman–Crippen LogP) is 1.42. The summed E-state index contributed by atoms with van der Waals surface area (Å²) in [5.41, 5.74) is -3.50. The molecule has 0 fully saturated rings. The molecule has 2 N–H and O–H groups in total. The van der Waals surface area contributed by atoms with E-state index in [0.717, 1.165) is 0 Å². The zero-order chi connectivity index (χ0) is 15.4. The molecule has 0 bridgehead atoms. The fraction of sp³-hybridized carbons (Fsp3) is 0.100. The molecule has 10 heteroatoms. The van der Waals surface area contributed by atoms with E-state index in [9.17, 15) is 28.5 Å². The van der Waals surface area contributed by atoms with Gasteiger partial charge >= 0.3 is 5.97 Å². The number of nitro groups is 1. The lowest BCUT2D eigenvalue weighted by molar-refractivity contribution is -0.384. The van der Waals surface area contributed by atoms with Crippen LogP contribution in [0.5, 0.6) is 0 Å². The normalized spacial score (nSPS) is 9.65. The highest BCUT2D eigenvalue weighted by Crippen LogP contribution is 2.31. The summed E-state index contributed by atoms with van der Waals surface area (Å²) in [6.07, 6.45) is -0.737. The summed E-state index contributed by atoms with van der Waals surface area (Å²) < 4.78 is 27.0. The van der Waals surface area contributed by atoms with Crippen molar-refractivity contribution in [1.29, 1.82) is 5.26 Å². The third kappa shape index (κ3) is 2.83. The maximum atomic E-state index is 13.6. The minimum absolute atomic E-state index is 0.280. The quantitative estimate of drug-likeness (QED) is 0.634. The standard InChI is InChI=1S/C10H5F2N3O5/c11-7-4(10(17)18)3-5(15(19)20)9(8(7)12)14-6(16)1-2-13/h3H,1H2,(H,14,16)(H,17,18). The van der Waals surface area contributed by atoms with E-state index in [2.05, 4.69) is 0 Å². The molecule has 0 heterocycles. The summed E-state index contributed by atoms with van der Waals surface area (Å²) in [7, 11) is 0. The van der Waals surface area contributed by atoms with Crippen LogP contribution < -0.4 is 5.32 Å². The number of carbonyl (C=O) groups is 2. The lowest BCUT2D eigenvalue weighted by Crippen LogP contribution is -2.15. The molecule has 0 saturated heterocycles. The van der Waals surface area contributed by atoms with Gasteiger partial charge in [0.15, 0.2) is 17.3 Å². The second kappa shape index (κ2) is 5.70. The number of anilines is 1. The van der Waals surface area contributed by atoms with E-state index in [-0.39, 0.29) is 6.07 Å². The summed E-state index contributed by atoms with van der Waals surface area (Å²) in [5, 5.41) is 29.2. The minimum atomic E-state index is -1.90. The molecule has 0 spiro atoms. The molecule has 0 atom stereocenters. The molecule has 1 amide bonds. The smallest absolute Gasteiger partial charge is 0.339 e. The lowest BCUT2D eigenvalue weighted by Gasteiger charge is -2.08. The molecule has 104 valence electrons. The number of amides is 1. The second-order valence-electron chi connectivity index (χ2n) is 3.39. The average Bonchev–Trinajstić information content (AvgIpc) is 2.34. The number of nitrogens with one attached hydrogen (secondary N) is 1. The van der Waals surface area contributed by atoms with Crippen molar-refractivity contribution in [3.8, 4) is 6.07 Å². The molecule has 0 aliphatic heterocycles. The Balaban J connectivity index is 3.47. The van der Waals surface area contributed by atoms with Crippen molar-refractivity contribution in [2.45, 2.75) is 6.42 Å². The SMILES string of the molecule is N#CCC(=O)Nc1c([N+](=O)[O-])cc(C(=O)O)c(F)c1F. The van der Waals surface area contributed by atoms with Gasteiger partial charge in [0, 0.05) is 6.07 Å². The summed E-state index contributed by atoms with van der Waals surface area (Å²) in [4.78, 5) is 31.3. The third-order valence-electron chi connectivity index (χ3n) is 2.12. The number of nitriles is 1. The highest BCUT2D eigenvalue weighted by molar-refractivity contribution is 5.96. The molecule has 0 aliphatic rings. The maximum absolute atomic E-state index is 13.6. The van der Waals surface area contributed by atoms with Crippen LogP contribution in [-0.2, 0) is 4.79 Å². The molecule has 0 aliphatic carbocycles. The van der Waals surface area contributed by atoms with Crippen molar-refractivity contribution in [3.05, 3.63) is 33.4 Å². The highest BCUT2D eigenvalue weighted by atomic mass is 19.2. The molecular formula is C10H5F2N3O5. The molecule has 0 saturated carbocycles. The van der Waals surface area contributed by atoms with E-state index >= 15 is 0 Å². The molecule has 0 unspecified atom stereocenters. The lowest BCUT2D eigenvalue weighted by atomic mass is 10.1. The Morgan fingerprint density at radius 2 is 2.05 bits per heavy atom. The first-order valence-corrected chi connectivity index (χ1v) is 4.86. The van der Waals surface area contributed by atoms with E-state index in [1.165, 1.54) is 6.07 Å². The monoisotopic (exact) mass is 285 g/mol. The van der Waals surface area contributed by atoms with E-state index in [1.54, 1.807) is 5.32 Å². The molecule has 1 aromatic rings. The van der Waals surface area contributed by atoms with Crippen molar-refractivity contribution < 1.29 is 28.4 Å². The van der Waals surface area contributed by atoms with Gasteiger partial charge in [0.2, 0.25) is 5.91 Å². The predicted molar refractivity (Wildman–Crippen MR) is 58.8 cm³/mol. The number of nitro benzene ring substituents is 1. The van der Waals surface area contributed by atoms with Crippen LogP contribution in [0.4, 0.5) is 20.2 Å². The van der Waals surface area contributed by atoms with Gasteiger partial charge in [-0.1, -0.05) is 0 Å². The van der Waals surface area contributed by atoms with Crippen molar-refractivity contribution in [2.75, 3.05) is 5.32 Å². The van der Waals surface area contributed by atoms with Crippen LogP contribution >= 0.6 is 0 Å². The Labute approximate surface area is 109 Å². The van der Waals surface area contributed by atoms with Gasteiger partial charge < -0.3 is 10.4 Å². The van der Waals surface area contributed by atoms with Crippen LogP contribution in [0.25, 0.3) is 0 Å². The number of hydrogen-bond acceptors (Lipinski definition) is 5. The topological polar surface area (TPSA) is 133 Å². The first-order valence-electron chi connectivity index (χ1n) is 4.86. The van der Waals surface area contributed by atoms with E-state index < -0.39 is 51.8 Å². The number of hydrogen-bond donors (Lipinski definition) is 2. The Bertz CT molecular complexity index is 653. The van der Waals surface area contributed by atoms with Gasteiger partial charge in [0.05, 0.1) is 11.0 Å². The van der Waals surface area contributed by atoms with Crippen LogP contribution in [0.3, 0.4) is 0 Å². The Morgan fingerprint density at radius 1 is 1.45 bits per heavy atom. The minimum Gasteiger partial charge on any atom is -0.478 e. The molecule has 1 aromatic carbocycles. The first kappa shape index (κ1) is 15.0. The zero-order valence-electron chi connectivity index (χ0n) is 9.52. The van der Waals surface area contributed by atoms with Gasteiger partial charge in [-0.3, -0.25) is 14.9 Å². The third-order valence-corrected chi connectivity index (χ3v) is 2.12. The number of benzene rings is 1. The van der Waals surface area contributed by atoms with E-state index in [4.69, 9.17) is 10.4 Å². The molecule has 1 rings (SSSR count). The number of carboxylic acids is 1. The first-order chi connectivity index (χ1) is 9.29. The van der Waals surface area contributed by atoms with Crippen LogP contribution in [0.15, 0.2) is 6.07 Å². The summed E-state index contributed by atoms with van der Waals surface area (Å²) in [5.74, 6) is -6.74. The van der Waals surface area contributed by atoms with E-state index in [0.29, 0.717) is 0 Å². The Morgan fingerprint density at radius 3 is 2.50 bits per heavy atom. The number of rotatable bonds is 4. The van der Waals surface area contributed by atoms with Crippen LogP contribution in [-0.4, -0.2) is 21.9 Å².